The van der Waals surface area contributed by atoms with Crippen molar-refractivity contribution in [2.75, 3.05) is 5.33 Å². The Morgan fingerprint density at radius 2 is 2.12 bits per heavy atom. The van der Waals surface area contributed by atoms with Crippen molar-refractivity contribution in [2.45, 2.75) is 19.3 Å². The van der Waals surface area contributed by atoms with E-state index in [1.165, 1.54) is 20.5 Å². The zero-order valence-electron chi connectivity index (χ0n) is 9.62. The zero-order valence-corrected chi connectivity index (χ0v) is 13.6. The summed E-state index contributed by atoms with van der Waals surface area (Å²) >= 11 is 9.07. The van der Waals surface area contributed by atoms with Crippen LogP contribution >= 0.6 is 43.2 Å². The van der Waals surface area contributed by atoms with E-state index in [-0.39, 0.29) is 0 Å². The van der Waals surface area contributed by atoms with Crippen LogP contribution < -0.4 is 0 Å². The van der Waals surface area contributed by atoms with E-state index in [1.807, 2.05) is 11.3 Å². The molecule has 0 amide bonds. The largest absolute Gasteiger partial charge is 0.148 e. The van der Waals surface area contributed by atoms with Crippen molar-refractivity contribution < 1.29 is 0 Å². The summed E-state index contributed by atoms with van der Waals surface area (Å²) in [7, 11) is 0. The lowest BCUT2D eigenvalue weighted by Gasteiger charge is -2.14. The molecule has 0 saturated heterocycles. The van der Waals surface area contributed by atoms with E-state index in [0.717, 1.165) is 11.8 Å². The molecule has 0 N–H and O–H groups in total. The minimum atomic E-state index is 0.546. The molecule has 17 heavy (non-hydrogen) atoms. The number of aryl methyl sites for hydroxylation is 1. The fraction of sp³-hybridized carbons (Fsp3) is 0.286. The molecule has 0 fully saturated rings. The Morgan fingerprint density at radius 1 is 1.29 bits per heavy atom. The Morgan fingerprint density at radius 3 is 2.71 bits per heavy atom. The van der Waals surface area contributed by atoms with Gasteiger partial charge in [-0.15, -0.1) is 11.3 Å². The number of hydrogen-bond acceptors (Lipinski definition) is 1. The average molecular weight is 374 g/mol. The molecule has 0 radical (unpaired) electrons. The van der Waals surface area contributed by atoms with Gasteiger partial charge in [0.05, 0.1) is 0 Å². The normalized spacial score (nSPS) is 12.6. The average Bonchev–Trinajstić information content (AvgIpc) is 2.71. The van der Waals surface area contributed by atoms with E-state index >= 15 is 0 Å². The van der Waals surface area contributed by atoms with E-state index in [9.17, 15) is 0 Å². The predicted octanol–water partition coefficient (Wildman–Crippen LogP) is 5.54. The molecular formula is C14H14Br2S. The second kappa shape index (κ2) is 6.17. The quantitative estimate of drug-likeness (QED) is 0.617. The summed E-state index contributed by atoms with van der Waals surface area (Å²) < 4.78 is 1.24. The van der Waals surface area contributed by atoms with Crippen LogP contribution in [0.15, 0.2) is 40.2 Å². The number of rotatable bonds is 4. The van der Waals surface area contributed by atoms with Crippen molar-refractivity contribution in [3.8, 4) is 0 Å². The SMILES string of the molecule is Cc1cccc(C(CBr)Cc2sccc2Br)c1. The highest BCUT2D eigenvalue weighted by molar-refractivity contribution is 9.10. The van der Waals surface area contributed by atoms with E-state index in [0.29, 0.717) is 5.92 Å². The highest BCUT2D eigenvalue weighted by Gasteiger charge is 2.13. The van der Waals surface area contributed by atoms with Gasteiger partial charge in [-0.3, -0.25) is 0 Å². The first kappa shape index (κ1) is 13.3. The molecule has 0 spiro atoms. The second-order valence-corrected chi connectivity index (χ2v) is 6.66. The maximum Gasteiger partial charge on any atom is 0.0314 e. The number of thiophene rings is 1. The van der Waals surface area contributed by atoms with Crippen molar-refractivity contribution in [2.24, 2.45) is 0 Å². The van der Waals surface area contributed by atoms with Crippen molar-refractivity contribution in [3.05, 3.63) is 56.2 Å². The van der Waals surface area contributed by atoms with Gasteiger partial charge in [0.2, 0.25) is 0 Å². The molecule has 3 heteroatoms. The smallest absolute Gasteiger partial charge is 0.0314 e. The van der Waals surface area contributed by atoms with E-state index in [2.05, 4.69) is 74.5 Å². The Labute approximate surface area is 123 Å². The van der Waals surface area contributed by atoms with Gasteiger partial charge in [-0.2, -0.15) is 0 Å². The van der Waals surface area contributed by atoms with E-state index in [1.54, 1.807) is 0 Å². The minimum absolute atomic E-state index is 0.546. The molecule has 1 aromatic heterocycles. The lowest BCUT2D eigenvalue weighted by atomic mass is 9.96. The molecule has 1 heterocycles. The van der Waals surface area contributed by atoms with Crippen LogP contribution in [-0.2, 0) is 6.42 Å². The molecule has 2 aromatic rings. The first-order valence-corrected chi connectivity index (χ1v) is 8.34. The number of benzene rings is 1. The molecular weight excluding hydrogens is 360 g/mol. The topological polar surface area (TPSA) is 0 Å². The van der Waals surface area contributed by atoms with Gasteiger partial charge in [0.25, 0.3) is 0 Å². The van der Waals surface area contributed by atoms with Crippen LogP contribution in [0.2, 0.25) is 0 Å². The standard InChI is InChI=1S/C14H14Br2S/c1-10-3-2-4-11(7-10)12(9-15)8-14-13(16)5-6-17-14/h2-7,12H,8-9H2,1H3. The summed E-state index contributed by atoms with van der Waals surface area (Å²) in [6, 6.07) is 10.9. The molecule has 90 valence electrons. The molecule has 0 bridgehead atoms. The monoisotopic (exact) mass is 372 g/mol. The van der Waals surface area contributed by atoms with Crippen molar-refractivity contribution in [3.63, 3.8) is 0 Å². The third-order valence-electron chi connectivity index (χ3n) is 2.82. The van der Waals surface area contributed by atoms with Crippen LogP contribution in [0.4, 0.5) is 0 Å². The number of alkyl halides is 1. The summed E-state index contributed by atoms with van der Waals surface area (Å²) in [5.41, 5.74) is 2.75. The molecule has 0 aliphatic rings. The van der Waals surface area contributed by atoms with Crippen LogP contribution in [0.3, 0.4) is 0 Å². The van der Waals surface area contributed by atoms with Crippen molar-refractivity contribution in [1.82, 2.24) is 0 Å². The molecule has 1 aromatic carbocycles. The fourth-order valence-corrected chi connectivity index (χ4v) is 4.08. The molecule has 0 nitrogen and oxygen atoms in total. The lowest BCUT2D eigenvalue weighted by molar-refractivity contribution is 0.783. The highest BCUT2D eigenvalue weighted by atomic mass is 79.9. The summed E-state index contributed by atoms with van der Waals surface area (Å²) in [6.45, 7) is 2.15. The number of halogens is 2. The predicted molar refractivity (Wildman–Crippen MR) is 83.4 cm³/mol. The third-order valence-corrected chi connectivity index (χ3v) is 5.55. The van der Waals surface area contributed by atoms with Crippen molar-refractivity contribution in [1.29, 1.82) is 0 Å². The molecule has 1 unspecified atom stereocenters. The van der Waals surface area contributed by atoms with Gasteiger partial charge in [0.1, 0.15) is 0 Å². The highest BCUT2D eigenvalue weighted by Crippen LogP contribution is 2.30. The number of hydrogen-bond donors (Lipinski definition) is 0. The molecule has 0 aliphatic heterocycles. The Hall–Kier alpha value is -0.120. The van der Waals surface area contributed by atoms with Gasteiger partial charge >= 0.3 is 0 Å². The van der Waals surface area contributed by atoms with Gasteiger partial charge < -0.3 is 0 Å². The molecule has 2 rings (SSSR count). The summed E-state index contributed by atoms with van der Waals surface area (Å²) in [6.07, 6.45) is 1.09. The lowest BCUT2D eigenvalue weighted by Crippen LogP contribution is -2.04. The second-order valence-electron chi connectivity index (χ2n) is 4.16. The Bertz CT molecular complexity index is 490. The van der Waals surface area contributed by atoms with Gasteiger partial charge in [0.15, 0.2) is 0 Å². The third kappa shape index (κ3) is 3.43. The Balaban J connectivity index is 2.20. The minimum Gasteiger partial charge on any atom is -0.148 e. The van der Waals surface area contributed by atoms with Crippen molar-refractivity contribution >= 4 is 43.2 Å². The van der Waals surface area contributed by atoms with Crippen LogP contribution in [-0.4, -0.2) is 5.33 Å². The molecule has 0 saturated carbocycles. The first-order valence-electron chi connectivity index (χ1n) is 5.55. The van der Waals surface area contributed by atoms with E-state index < -0.39 is 0 Å². The molecule has 0 aliphatic carbocycles. The zero-order chi connectivity index (χ0) is 12.3. The Kier molecular flexibility index (Phi) is 4.83. The summed E-state index contributed by atoms with van der Waals surface area (Å²) in [5, 5.41) is 3.14. The van der Waals surface area contributed by atoms with Gasteiger partial charge in [-0.25, -0.2) is 0 Å². The molecule has 1 atom stereocenters. The maximum atomic E-state index is 3.64. The van der Waals surface area contributed by atoms with Gasteiger partial charge in [-0.1, -0.05) is 45.8 Å². The van der Waals surface area contributed by atoms with E-state index in [4.69, 9.17) is 0 Å². The van der Waals surface area contributed by atoms with Crippen LogP contribution in [0.25, 0.3) is 0 Å². The first-order chi connectivity index (χ1) is 8.20. The van der Waals surface area contributed by atoms with Gasteiger partial charge in [-0.05, 0) is 52.2 Å². The van der Waals surface area contributed by atoms with Gasteiger partial charge in [0, 0.05) is 14.7 Å². The summed E-state index contributed by atoms with van der Waals surface area (Å²) in [4.78, 5) is 1.43. The summed E-state index contributed by atoms with van der Waals surface area (Å²) in [5.74, 6) is 0.546. The fourth-order valence-electron chi connectivity index (χ4n) is 1.88. The van der Waals surface area contributed by atoms with Crippen LogP contribution in [0.5, 0.6) is 0 Å². The maximum absolute atomic E-state index is 3.64. The van der Waals surface area contributed by atoms with Crippen LogP contribution in [0, 0.1) is 6.92 Å². The van der Waals surface area contributed by atoms with Crippen LogP contribution in [0.1, 0.15) is 21.9 Å².